The van der Waals surface area contributed by atoms with Crippen LogP contribution in [0.2, 0.25) is 5.02 Å². The molecule has 0 bridgehead atoms. The van der Waals surface area contributed by atoms with Gasteiger partial charge in [-0.2, -0.15) is 0 Å². The lowest BCUT2D eigenvalue weighted by atomic mass is 10.2. The van der Waals surface area contributed by atoms with E-state index in [0.29, 0.717) is 16.2 Å². The van der Waals surface area contributed by atoms with Crippen molar-refractivity contribution in [2.24, 2.45) is 0 Å². The van der Waals surface area contributed by atoms with Crippen LogP contribution in [0.5, 0.6) is 0 Å². The lowest BCUT2D eigenvalue weighted by Crippen LogP contribution is -2.27. The third-order valence-electron chi connectivity index (χ3n) is 2.31. The molecule has 0 radical (unpaired) electrons. The number of hydrogen-bond acceptors (Lipinski definition) is 3. The van der Waals surface area contributed by atoms with Crippen LogP contribution < -0.4 is 5.32 Å². The van der Waals surface area contributed by atoms with Crippen molar-refractivity contribution in [2.75, 3.05) is 5.32 Å². The highest BCUT2D eigenvalue weighted by Crippen LogP contribution is 2.26. The van der Waals surface area contributed by atoms with Crippen LogP contribution in [0.15, 0.2) is 30.5 Å². The standard InChI is InChI=1S/C14H15ClN2O2/c1-14(2,3)19-13(18)17-11-8-10(15)7-9-5-4-6-16-12(9)11/h4-8H,1-3H3,(H,17,18). The molecule has 1 heterocycles. The summed E-state index contributed by atoms with van der Waals surface area (Å²) in [5.41, 5.74) is 0.668. The van der Waals surface area contributed by atoms with Crippen LogP contribution in [-0.2, 0) is 4.74 Å². The Hall–Kier alpha value is -1.81. The van der Waals surface area contributed by atoms with E-state index in [-0.39, 0.29) is 0 Å². The van der Waals surface area contributed by atoms with Crippen molar-refractivity contribution < 1.29 is 9.53 Å². The minimum Gasteiger partial charge on any atom is -0.444 e. The zero-order valence-corrected chi connectivity index (χ0v) is 11.8. The van der Waals surface area contributed by atoms with Crippen molar-refractivity contribution in [1.29, 1.82) is 0 Å². The molecular formula is C14H15ClN2O2. The molecule has 2 aromatic rings. The molecule has 5 heteroatoms. The lowest BCUT2D eigenvalue weighted by Gasteiger charge is -2.20. The van der Waals surface area contributed by atoms with Crippen LogP contribution in [0.3, 0.4) is 0 Å². The Morgan fingerprint density at radius 1 is 1.37 bits per heavy atom. The van der Waals surface area contributed by atoms with E-state index < -0.39 is 11.7 Å². The molecule has 4 nitrogen and oxygen atoms in total. The maximum atomic E-state index is 11.8. The van der Waals surface area contributed by atoms with E-state index in [2.05, 4.69) is 10.3 Å². The summed E-state index contributed by atoms with van der Waals surface area (Å²) in [5, 5.41) is 4.07. The van der Waals surface area contributed by atoms with Crippen LogP contribution in [0, 0.1) is 0 Å². The summed E-state index contributed by atoms with van der Waals surface area (Å²) >= 11 is 6.02. The fourth-order valence-electron chi connectivity index (χ4n) is 1.66. The predicted molar refractivity (Wildman–Crippen MR) is 76.6 cm³/mol. The summed E-state index contributed by atoms with van der Waals surface area (Å²) in [4.78, 5) is 16.0. The number of nitrogens with zero attached hydrogens (tertiary/aromatic N) is 1. The van der Waals surface area contributed by atoms with Gasteiger partial charge >= 0.3 is 6.09 Å². The topological polar surface area (TPSA) is 51.2 Å². The number of benzene rings is 1. The summed E-state index contributed by atoms with van der Waals surface area (Å²) in [6.07, 6.45) is 1.14. The predicted octanol–water partition coefficient (Wildman–Crippen LogP) is 4.24. The Bertz CT molecular complexity index is 620. The normalized spacial score (nSPS) is 11.4. The molecule has 19 heavy (non-hydrogen) atoms. The van der Waals surface area contributed by atoms with Crippen LogP contribution in [0.25, 0.3) is 10.9 Å². The third kappa shape index (κ3) is 3.58. The zero-order chi connectivity index (χ0) is 14.0. The molecule has 0 saturated heterocycles. The highest BCUT2D eigenvalue weighted by Gasteiger charge is 2.17. The van der Waals surface area contributed by atoms with Crippen LogP contribution >= 0.6 is 11.6 Å². The van der Waals surface area contributed by atoms with Gasteiger partial charge in [0.2, 0.25) is 0 Å². The van der Waals surface area contributed by atoms with Crippen molar-refractivity contribution in [3.63, 3.8) is 0 Å². The maximum Gasteiger partial charge on any atom is 0.412 e. The highest BCUT2D eigenvalue weighted by atomic mass is 35.5. The SMILES string of the molecule is CC(C)(C)OC(=O)Nc1cc(Cl)cc2cccnc12. The van der Waals surface area contributed by atoms with E-state index in [1.807, 2.05) is 12.1 Å². The minimum atomic E-state index is -0.550. The Morgan fingerprint density at radius 2 is 2.11 bits per heavy atom. The number of pyridine rings is 1. The summed E-state index contributed by atoms with van der Waals surface area (Å²) < 4.78 is 5.21. The first kappa shape index (κ1) is 13.6. The number of carbonyl (C=O) groups is 1. The highest BCUT2D eigenvalue weighted by molar-refractivity contribution is 6.32. The van der Waals surface area contributed by atoms with Gasteiger partial charge in [0.25, 0.3) is 0 Å². The second kappa shape index (κ2) is 5.05. The summed E-state index contributed by atoms with van der Waals surface area (Å²) in [5.74, 6) is 0. The number of halogens is 1. The van der Waals surface area contributed by atoms with Gasteiger partial charge in [0.15, 0.2) is 0 Å². The number of aromatic nitrogens is 1. The number of amides is 1. The number of nitrogens with one attached hydrogen (secondary N) is 1. The molecule has 0 unspecified atom stereocenters. The number of fused-ring (bicyclic) bond motifs is 1. The first-order chi connectivity index (χ1) is 8.85. The van der Waals surface area contributed by atoms with Crippen LogP contribution in [0.4, 0.5) is 10.5 Å². The van der Waals surface area contributed by atoms with Crippen molar-refractivity contribution in [3.05, 3.63) is 35.5 Å². The second-order valence-corrected chi connectivity index (χ2v) is 5.59. The third-order valence-corrected chi connectivity index (χ3v) is 2.52. The fourth-order valence-corrected chi connectivity index (χ4v) is 1.89. The molecule has 1 N–H and O–H groups in total. The monoisotopic (exact) mass is 278 g/mol. The number of carbonyl (C=O) groups excluding carboxylic acids is 1. The van der Waals surface area contributed by atoms with Gasteiger partial charge < -0.3 is 4.74 Å². The van der Waals surface area contributed by atoms with Crippen molar-refractivity contribution >= 4 is 34.3 Å². The van der Waals surface area contributed by atoms with E-state index in [9.17, 15) is 4.79 Å². The molecule has 0 aliphatic heterocycles. The summed E-state index contributed by atoms with van der Waals surface area (Å²) in [6, 6.07) is 7.15. The fraction of sp³-hybridized carbons (Fsp3) is 0.286. The molecule has 1 aromatic carbocycles. The molecule has 0 fully saturated rings. The van der Waals surface area contributed by atoms with Gasteiger partial charge in [0.1, 0.15) is 5.60 Å². The Labute approximate surface area is 116 Å². The van der Waals surface area contributed by atoms with Gasteiger partial charge in [-0.25, -0.2) is 4.79 Å². The molecule has 1 aromatic heterocycles. The van der Waals surface area contributed by atoms with Gasteiger partial charge in [-0.3, -0.25) is 10.3 Å². The maximum absolute atomic E-state index is 11.8. The summed E-state index contributed by atoms with van der Waals surface area (Å²) in [7, 11) is 0. The van der Waals surface area contributed by atoms with E-state index in [1.165, 1.54) is 0 Å². The van der Waals surface area contributed by atoms with E-state index in [4.69, 9.17) is 16.3 Å². The Kier molecular flexibility index (Phi) is 3.62. The van der Waals surface area contributed by atoms with Gasteiger partial charge in [-0.15, -0.1) is 0 Å². The molecule has 0 saturated carbocycles. The van der Waals surface area contributed by atoms with E-state index in [1.54, 1.807) is 39.1 Å². The van der Waals surface area contributed by atoms with Crippen molar-refractivity contribution in [2.45, 2.75) is 26.4 Å². The Balaban J connectivity index is 2.32. The number of rotatable bonds is 1. The molecular weight excluding hydrogens is 264 g/mol. The quantitative estimate of drug-likeness (QED) is 0.849. The number of anilines is 1. The average Bonchev–Trinajstić information content (AvgIpc) is 2.25. The zero-order valence-electron chi connectivity index (χ0n) is 11.0. The minimum absolute atomic E-state index is 0.526. The molecule has 100 valence electrons. The lowest BCUT2D eigenvalue weighted by molar-refractivity contribution is 0.0636. The molecule has 0 spiro atoms. The number of ether oxygens (including phenoxy) is 1. The average molecular weight is 279 g/mol. The van der Waals surface area contributed by atoms with Crippen LogP contribution in [-0.4, -0.2) is 16.7 Å². The van der Waals surface area contributed by atoms with E-state index >= 15 is 0 Å². The van der Waals surface area contributed by atoms with Crippen molar-refractivity contribution in [1.82, 2.24) is 4.98 Å². The summed E-state index contributed by atoms with van der Waals surface area (Å²) in [6.45, 7) is 5.42. The second-order valence-electron chi connectivity index (χ2n) is 5.16. The number of hydrogen-bond donors (Lipinski definition) is 1. The smallest absolute Gasteiger partial charge is 0.412 e. The van der Waals surface area contributed by atoms with E-state index in [0.717, 1.165) is 5.39 Å². The Morgan fingerprint density at radius 3 is 2.79 bits per heavy atom. The molecule has 0 aliphatic carbocycles. The molecule has 0 aliphatic rings. The first-order valence-corrected chi connectivity index (χ1v) is 6.27. The van der Waals surface area contributed by atoms with Crippen LogP contribution in [0.1, 0.15) is 20.8 Å². The molecule has 2 rings (SSSR count). The van der Waals surface area contributed by atoms with Crippen molar-refractivity contribution in [3.8, 4) is 0 Å². The molecule has 0 atom stereocenters. The first-order valence-electron chi connectivity index (χ1n) is 5.89. The van der Waals surface area contributed by atoms with Gasteiger partial charge in [0.05, 0.1) is 11.2 Å². The molecule has 1 amide bonds. The largest absolute Gasteiger partial charge is 0.444 e. The van der Waals surface area contributed by atoms with Gasteiger partial charge in [-0.05, 0) is 39.0 Å². The van der Waals surface area contributed by atoms with Gasteiger partial charge in [0, 0.05) is 16.6 Å². The van der Waals surface area contributed by atoms with Gasteiger partial charge in [-0.1, -0.05) is 17.7 Å².